The van der Waals surface area contributed by atoms with Crippen molar-refractivity contribution in [3.63, 3.8) is 0 Å². The molecule has 0 saturated heterocycles. The highest BCUT2D eigenvalue weighted by molar-refractivity contribution is 7.99. The van der Waals surface area contributed by atoms with Gasteiger partial charge in [0.1, 0.15) is 5.76 Å². The number of aromatic nitrogens is 4. The van der Waals surface area contributed by atoms with Gasteiger partial charge in [-0.05, 0) is 24.9 Å². The fourth-order valence-corrected chi connectivity index (χ4v) is 4.58. The van der Waals surface area contributed by atoms with Gasteiger partial charge in [0.25, 0.3) is 0 Å². The van der Waals surface area contributed by atoms with E-state index in [2.05, 4.69) is 29.0 Å². The summed E-state index contributed by atoms with van der Waals surface area (Å²) in [7, 11) is 0. The Morgan fingerprint density at radius 1 is 1.48 bits per heavy atom. The van der Waals surface area contributed by atoms with Crippen molar-refractivity contribution in [2.45, 2.75) is 35.9 Å². The Hall–Kier alpha value is -0.990. The first-order valence-corrected chi connectivity index (χ1v) is 9.21. The summed E-state index contributed by atoms with van der Waals surface area (Å²) in [4.78, 5) is 4.63. The highest BCUT2D eigenvalue weighted by atomic mass is 32.2. The van der Waals surface area contributed by atoms with E-state index in [4.69, 9.17) is 16.6 Å². The summed E-state index contributed by atoms with van der Waals surface area (Å²) in [6.45, 7) is 4.52. The van der Waals surface area contributed by atoms with Gasteiger partial charge in [0.2, 0.25) is 10.5 Å². The topological polar surface area (TPSA) is 59.1 Å². The van der Waals surface area contributed by atoms with Crippen LogP contribution in [0.2, 0.25) is 0 Å². The third kappa shape index (κ3) is 1.96. The lowest BCUT2D eigenvalue weighted by atomic mass is 9.99. The molecule has 0 fully saturated rings. The first-order valence-electron chi connectivity index (χ1n) is 6.59. The highest BCUT2D eigenvalue weighted by Gasteiger charge is 2.32. The molecular formula is C13H14N4OS3. The highest BCUT2D eigenvalue weighted by Crippen LogP contribution is 2.43. The van der Waals surface area contributed by atoms with Gasteiger partial charge in [-0.25, -0.2) is 4.40 Å². The lowest BCUT2D eigenvalue weighted by Crippen LogP contribution is -2.22. The molecule has 0 atom stereocenters. The summed E-state index contributed by atoms with van der Waals surface area (Å²) in [5.41, 5.74) is 2.72. The van der Waals surface area contributed by atoms with Crippen molar-refractivity contribution < 1.29 is 4.42 Å². The van der Waals surface area contributed by atoms with Crippen LogP contribution in [0.3, 0.4) is 0 Å². The summed E-state index contributed by atoms with van der Waals surface area (Å²) in [6, 6.07) is 0. The Balaban J connectivity index is 2.14. The Morgan fingerprint density at radius 2 is 2.29 bits per heavy atom. The van der Waals surface area contributed by atoms with Crippen LogP contribution in [0.5, 0.6) is 0 Å². The molecule has 3 aromatic heterocycles. The third-order valence-corrected chi connectivity index (χ3v) is 5.98. The maximum Gasteiger partial charge on any atom is 0.232 e. The van der Waals surface area contributed by atoms with E-state index in [1.807, 2.05) is 22.4 Å². The SMILES string of the molecule is CSc1nc2oc3c(c2c2n[nH]c(=S)n12)CC(C)(C)SC3. The van der Waals surface area contributed by atoms with Crippen LogP contribution >= 0.6 is 35.7 Å². The molecule has 0 spiro atoms. The zero-order valence-electron chi connectivity index (χ0n) is 11.9. The number of fused-ring (bicyclic) bond motifs is 5. The van der Waals surface area contributed by atoms with Gasteiger partial charge in [-0.3, -0.25) is 5.10 Å². The monoisotopic (exact) mass is 338 g/mol. The van der Waals surface area contributed by atoms with E-state index < -0.39 is 0 Å². The van der Waals surface area contributed by atoms with Crippen LogP contribution in [0.1, 0.15) is 25.2 Å². The molecule has 1 aliphatic rings. The first-order chi connectivity index (χ1) is 10.00. The van der Waals surface area contributed by atoms with Crippen LogP contribution in [0, 0.1) is 4.77 Å². The molecule has 8 heteroatoms. The lowest BCUT2D eigenvalue weighted by Gasteiger charge is -2.27. The van der Waals surface area contributed by atoms with Gasteiger partial charge < -0.3 is 4.42 Å². The van der Waals surface area contributed by atoms with Crippen molar-refractivity contribution in [2.24, 2.45) is 0 Å². The van der Waals surface area contributed by atoms with Gasteiger partial charge in [0.05, 0.1) is 11.1 Å². The van der Waals surface area contributed by atoms with Crippen LogP contribution < -0.4 is 0 Å². The van der Waals surface area contributed by atoms with Crippen LogP contribution in [-0.4, -0.2) is 30.6 Å². The Bertz CT molecular complexity index is 921. The molecule has 0 aromatic carbocycles. The van der Waals surface area contributed by atoms with E-state index in [1.165, 1.54) is 17.3 Å². The van der Waals surface area contributed by atoms with Crippen LogP contribution in [0.25, 0.3) is 16.7 Å². The van der Waals surface area contributed by atoms with Gasteiger partial charge in [-0.2, -0.15) is 10.1 Å². The number of nitrogens with zero attached hydrogens (tertiary/aromatic N) is 3. The zero-order valence-corrected chi connectivity index (χ0v) is 14.3. The molecule has 4 heterocycles. The Labute approximate surface area is 134 Å². The quantitative estimate of drug-likeness (QED) is 0.413. The standard InChI is InChI=1S/C13H14N4OS3/c1-13(2)4-6-7(5-21-13)18-10-8(6)9-15-16-11(19)17(9)12(14-10)20-3/h4-5H2,1-3H3,(H,16,19). The predicted molar refractivity (Wildman–Crippen MR) is 88.8 cm³/mol. The average molecular weight is 338 g/mol. The number of hydrogen-bond donors (Lipinski definition) is 1. The molecule has 0 amide bonds. The number of nitrogens with one attached hydrogen (secondary N) is 1. The van der Waals surface area contributed by atoms with Crippen molar-refractivity contribution in [3.05, 3.63) is 16.1 Å². The summed E-state index contributed by atoms with van der Waals surface area (Å²) < 4.78 is 8.67. The van der Waals surface area contributed by atoms with Gasteiger partial charge in [0, 0.05) is 10.3 Å². The molecule has 3 aromatic rings. The first kappa shape index (κ1) is 13.7. The molecule has 0 saturated carbocycles. The Morgan fingerprint density at radius 3 is 3.05 bits per heavy atom. The van der Waals surface area contributed by atoms with Crippen molar-refractivity contribution in [1.82, 2.24) is 19.6 Å². The fourth-order valence-electron chi connectivity index (χ4n) is 2.76. The smallest absolute Gasteiger partial charge is 0.232 e. The Kier molecular flexibility index (Phi) is 2.93. The normalized spacial score (nSPS) is 17.5. The van der Waals surface area contributed by atoms with Gasteiger partial charge in [0.15, 0.2) is 10.8 Å². The molecule has 0 bridgehead atoms. The number of furan rings is 1. The molecule has 4 rings (SSSR count). The average Bonchev–Trinajstić information content (AvgIpc) is 2.97. The second-order valence-electron chi connectivity index (χ2n) is 5.70. The van der Waals surface area contributed by atoms with Crippen molar-refractivity contribution in [1.29, 1.82) is 0 Å². The maximum absolute atomic E-state index is 6.00. The van der Waals surface area contributed by atoms with Gasteiger partial charge >= 0.3 is 0 Å². The number of thioether (sulfide) groups is 2. The second-order valence-corrected chi connectivity index (χ2v) is 8.54. The number of aromatic amines is 1. The number of H-pyrrole nitrogens is 1. The molecule has 1 N–H and O–H groups in total. The number of hydrogen-bond acceptors (Lipinski definition) is 6. The minimum Gasteiger partial charge on any atom is -0.441 e. The number of rotatable bonds is 1. The predicted octanol–water partition coefficient (Wildman–Crippen LogP) is 3.82. The van der Waals surface area contributed by atoms with Crippen LogP contribution in [-0.2, 0) is 12.2 Å². The molecule has 0 unspecified atom stereocenters. The third-order valence-electron chi connectivity index (χ3n) is 3.74. The van der Waals surface area contributed by atoms with E-state index in [1.54, 1.807) is 0 Å². The van der Waals surface area contributed by atoms with E-state index >= 15 is 0 Å². The van der Waals surface area contributed by atoms with Crippen LogP contribution in [0.15, 0.2) is 9.57 Å². The van der Waals surface area contributed by atoms with Gasteiger partial charge in [-0.15, -0.1) is 11.8 Å². The minimum atomic E-state index is 0.200. The summed E-state index contributed by atoms with van der Waals surface area (Å²) in [6.07, 6.45) is 2.93. The maximum atomic E-state index is 6.00. The van der Waals surface area contributed by atoms with E-state index in [0.29, 0.717) is 10.5 Å². The van der Waals surface area contributed by atoms with Crippen molar-refractivity contribution >= 4 is 52.5 Å². The summed E-state index contributed by atoms with van der Waals surface area (Å²) in [5, 5.41) is 9.09. The van der Waals surface area contributed by atoms with Gasteiger partial charge in [-0.1, -0.05) is 25.6 Å². The largest absolute Gasteiger partial charge is 0.441 e. The molecule has 110 valence electrons. The molecule has 21 heavy (non-hydrogen) atoms. The van der Waals surface area contributed by atoms with Crippen molar-refractivity contribution in [3.8, 4) is 0 Å². The molecule has 5 nitrogen and oxygen atoms in total. The molecule has 0 radical (unpaired) electrons. The van der Waals surface area contributed by atoms with Crippen molar-refractivity contribution in [2.75, 3.05) is 6.26 Å². The minimum absolute atomic E-state index is 0.200. The second kappa shape index (κ2) is 4.50. The van der Waals surface area contributed by atoms with Crippen LogP contribution in [0.4, 0.5) is 0 Å². The summed E-state index contributed by atoms with van der Waals surface area (Å²) in [5.74, 6) is 1.90. The van der Waals surface area contributed by atoms with E-state index in [9.17, 15) is 0 Å². The molecule has 0 aliphatic carbocycles. The van der Waals surface area contributed by atoms with E-state index in [-0.39, 0.29) is 4.75 Å². The zero-order chi connectivity index (χ0) is 14.8. The summed E-state index contributed by atoms with van der Waals surface area (Å²) >= 11 is 8.79. The lowest BCUT2D eigenvalue weighted by molar-refractivity contribution is 0.539. The molecule has 1 aliphatic heterocycles. The molecular weight excluding hydrogens is 324 g/mol. The fraction of sp³-hybridized carbons (Fsp3) is 0.462. The van der Waals surface area contributed by atoms with E-state index in [0.717, 1.165) is 34.1 Å².